The number of rotatable bonds is 9. The van der Waals surface area contributed by atoms with Crippen LogP contribution < -0.4 is 0 Å². The van der Waals surface area contributed by atoms with E-state index in [-0.39, 0.29) is 5.97 Å². The van der Waals surface area contributed by atoms with Crippen LogP contribution in [-0.2, 0) is 22.5 Å². The maximum Gasteiger partial charge on any atom is 0.305 e. The summed E-state index contributed by atoms with van der Waals surface area (Å²) in [4.78, 5) is 16.4. The summed E-state index contributed by atoms with van der Waals surface area (Å²) < 4.78 is 12.9. The van der Waals surface area contributed by atoms with Crippen molar-refractivity contribution in [1.82, 2.24) is 14.7 Å². The molecule has 2 heterocycles. The number of para-hydroxylation sites is 1. The summed E-state index contributed by atoms with van der Waals surface area (Å²) in [6, 6.07) is 25.0. The van der Waals surface area contributed by atoms with E-state index in [0.29, 0.717) is 31.2 Å². The zero-order chi connectivity index (χ0) is 23.3. The van der Waals surface area contributed by atoms with Crippen LogP contribution in [0.4, 0.5) is 0 Å². The molecule has 0 aliphatic heterocycles. The van der Waals surface area contributed by atoms with Gasteiger partial charge in [-0.25, -0.2) is 0 Å². The third kappa shape index (κ3) is 4.71. The fourth-order valence-corrected chi connectivity index (χ4v) is 4.36. The number of ether oxygens (including phenoxy) is 1. The van der Waals surface area contributed by atoms with Crippen molar-refractivity contribution in [3.63, 3.8) is 0 Å². The van der Waals surface area contributed by atoms with E-state index in [1.807, 2.05) is 31.2 Å². The number of fused-ring (bicyclic) bond motifs is 2. The first kappa shape index (κ1) is 21.9. The first-order valence-corrected chi connectivity index (χ1v) is 11.8. The van der Waals surface area contributed by atoms with E-state index >= 15 is 0 Å². The minimum atomic E-state index is -0.143. The predicted octanol–water partition coefficient (Wildman–Crippen LogP) is 6.17. The standard InChI is InChI=1S/C28H27N3O3/c1-2-33-27(32)13-7-8-16-31-24-12-6-5-11-23(24)19-25(31)28-29-26(30-34-28)18-20-14-15-21-9-3-4-10-22(21)17-20/h3-6,9-12,14-15,17,19H,2,7-8,13,16,18H2,1H3. The number of benzene rings is 3. The SMILES string of the molecule is CCOC(=O)CCCCn1c(-c2nc(Cc3ccc4ccccc4c3)no2)cc2ccccc21. The van der Waals surface area contributed by atoms with E-state index in [2.05, 4.69) is 58.3 Å². The zero-order valence-corrected chi connectivity index (χ0v) is 19.2. The topological polar surface area (TPSA) is 70.2 Å². The number of esters is 1. The highest BCUT2D eigenvalue weighted by molar-refractivity contribution is 5.86. The quantitative estimate of drug-likeness (QED) is 0.197. The van der Waals surface area contributed by atoms with Crippen LogP contribution in [0.5, 0.6) is 0 Å². The Bertz CT molecular complexity index is 1430. The first-order valence-electron chi connectivity index (χ1n) is 11.8. The smallest absolute Gasteiger partial charge is 0.305 e. The van der Waals surface area contributed by atoms with Gasteiger partial charge in [-0.1, -0.05) is 65.8 Å². The molecular formula is C28H27N3O3. The highest BCUT2D eigenvalue weighted by atomic mass is 16.5. The Hall–Kier alpha value is -3.93. The minimum Gasteiger partial charge on any atom is -0.466 e. The van der Waals surface area contributed by atoms with Crippen molar-refractivity contribution in [2.75, 3.05) is 6.61 Å². The molecule has 0 amide bonds. The Morgan fingerprint density at radius 2 is 1.74 bits per heavy atom. The zero-order valence-electron chi connectivity index (χ0n) is 19.2. The normalized spacial score (nSPS) is 11.3. The fraction of sp³-hybridized carbons (Fsp3) is 0.250. The van der Waals surface area contributed by atoms with Crippen LogP contribution in [0, 0.1) is 0 Å². The molecule has 0 radical (unpaired) electrons. The monoisotopic (exact) mass is 453 g/mol. The maximum absolute atomic E-state index is 11.7. The number of hydrogen-bond donors (Lipinski definition) is 0. The van der Waals surface area contributed by atoms with Crippen molar-refractivity contribution in [1.29, 1.82) is 0 Å². The van der Waals surface area contributed by atoms with Crippen molar-refractivity contribution in [2.24, 2.45) is 0 Å². The summed E-state index contributed by atoms with van der Waals surface area (Å²) in [6.07, 6.45) is 2.65. The molecule has 3 aromatic carbocycles. The van der Waals surface area contributed by atoms with Crippen LogP contribution in [0.15, 0.2) is 77.3 Å². The first-order chi connectivity index (χ1) is 16.7. The summed E-state index contributed by atoms with van der Waals surface area (Å²) in [6.45, 7) is 3.00. The van der Waals surface area contributed by atoms with Crippen molar-refractivity contribution in [3.05, 3.63) is 84.2 Å². The Morgan fingerprint density at radius 1 is 0.941 bits per heavy atom. The van der Waals surface area contributed by atoms with Crippen LogP contribution in [0.2, 0.25) is 0 Å². The number of carbonyl (C=O) groups is 1. The molecule has 0 N–H and O–H groups in total. The van der Waals surface area contributed by atoms with Crippen LogP contribution in [0.1, 0.15) is 37.6 Å². The molecule has 0 saturated carbocycles. The van der Waals surface area contributed by atoms with E-state index in [4.69, 9.17) is 14.2 Å². The molecule has 34 heavy (non-hydrogen) atoms. The summed E-state index contributed by atoms with van der Waals surface area (Å²) in [5.41, 5.74) is 3.16. The van der Waals surface area contributed by atoms with E-state index < -0.39 is 0 Å². The summed E-state index contributed by atoms with van der Waals surface area (Å²) in [7, 11) is 0. The summed E-state index contributed by atoms with van der Waals surface area (Å²) >= 11 is 0. The summed E-state index contributed by atoms with van der Waals surface area (Å²) in [5, 5.41) is 7.80. The number of carbonyl (C=O) groups excluding carboxylic acids is 1. The molecule has 0 unspecified atom stereocenters. The van der Waals surface area contributed by atoms with Crippen LogP contribution in [0.25, 0.3) is 33.3 Å². The molecule has 0 bridgehead atoms. The van der Waals surface area contributed by atoms with E-state index in [1.54, 1.807) is 0 Å². The lowest BCUT2D eigenvalue weighted by Gasteiger charge is -2.08. The van der Waals surface area contributed by atoms with Gasteiger partial charge in [0, 0.05) is 30.3 Å². The molecule has 2 aromatic heterocycles. The molecule has 0 saturated heterocycles. The van der Waals surface area contributed by atoms with Crippen LogP contribution >= 0.6 is 0 Å². The van der Waals surface area contributed by atoms with Crippen molar-refractivity contribution >= 4 is 27.6 Å². The van der Waals surface area contributed by atoms with Gasteiger partial charge in [0.1, 0.15) is 5.69 Å². The number of unbranched alkanes of at least 4 members (excludes halogenated alkanes) is 1. The second-order valence-corrected chi connectivity index (χ2v) is 8.38. The molecule has 0 aliphatic rings. The molecule has 172 valence electrons. The second kappa shape index (κ2) is 9.91. The highest BCUT2D eigenvalue weighted by Gasteiger charge is 2.17. The molecule has 6 nitrogen and oxygen atoms in total. The summed E-state index contributed by atoms with van der Waals surface area (Å²) in [5.74, 6) is 1.03. The van der Waals surface area contributed by atoms with E-state index in [9.17, 15) is 4.79 Å². The number of nitrogens with zero attached hydrogens (tertiary/aromatic N) is 3. The van der Waals surface area contributed by atoms with Gasteiger partial charge in [0.2, 0.25) is 0 Å². The lowest BCUT2D eigenvalue weighted by atomic mass is 10.1. The molecule has 5 aromatic rings. The van der Waals surface area contributed by atoms with Gasteiger partial charge in [-0.2, -0.15) is 4.98 Å². The van der Waals surface area contributed by atoms with Gasteiger partial charge < -0.3 is 13.8 Å². The molecule has 5 rings (SSSR count). The average molecular weight is 454 g/mol. The molecule has 0 spiro atoms. The fourth-order valence-electron chi connectivity index (χ4n) is 4.36. The molecule has 0 fully saturated rings. The molecule has 0 atom stereocenters. The largest absolute Gasteiger partial charge is 0.466 e. The number of aryl methyl sites for hydroxylation is 1. The van der Waals surface area contributed by atoms with Gasteiger partial charge in [0.25, 0.3) is 5.89 Å². The van der Waals surface area contributed by atoms with Gasteiger partial charge in [0.05, 0.1) is 6.61 Å². The lowest BCUT2D eigenvalue weighted by Crippen LogP contribution is -2.05. The maximum atomic E-state index is 11.7. The Labute approximate surface area is 198 Å². The lowest BCUT2D eigenvalue weighted by molar-refractivity contribution is -0.143. The minimum absolute atomic E-state index is 0.143. The molecule has 6 heteroatoms. The van der Waals surface area contributed by atoms with Gasteiger partial charge in [-0.15, -0.1) is 0 Å². The van der Waals surface area contributed by atoms with E-state index in [1.165, 1.54) is 10.8 Å². The number of hydrogen-bond acceptors (Lipinski definition) is 5. The van der Waals surface area contributed by atoms with Crippen molar-refractivity contribution < 1.29 is 14.1 Å². The molecule has 0 aliphatic carbocycles. The second-order valence-electron chi connectivity index (χ2n) is 8.38. The molecular weight excluding hydrogens is 426 g/mol. The van der Waals surface area contributed by atoms with Crippen molar-refractivity contribution in [2.45, 2.75) is 39.2 Å². The third-order valence-electron chi connectivity index (χ3n) is 5.99. The Balaban J connectivity index is 1.36. The van der Waals surface area contributed by atoms with Crippen LogP contribution in [-0.4, -0.2) is 27.3 Å². The highest BCUT2D eigenvalue weighted by Crippen LogP contribution is 2.28. The van der Waals surface area contributed by atoms with E-state index in [0.717, 1.165) is 41.5 Å². The van der Waals surface area contributed by atoms with Gasteiger partial charge in [-0.05, 0) is 48.2 Å². The van der Waals surface area contributed by atoms with Gasteiger partial charge in [0.15, 0.2) is 5.82 Å². The van der Waals surface area contributed by atoms with Crippen LogP contribution in [0.3, 0.4) is 0 Å². The number of aromatic nitrogens is 3. The predicted molar refractivity (Wildman–Crippen MR) is 132 cm³/mol. The average Bonchev–Trinajstić information content (AvgIpc) is 3.46. The van der Waals surface area contributed by atoms with Gasteiger partial charge in [-0.3, -0.25) is 4.79 Å². The third-order valence-corrected chi connectivity index (χ3v) is 5.99. The van der Waals surface area contributed by atoms with Gasteiger partial charge >= 0.3 is 5.97 Å². The Kier molecular flexibility index (Phi) is 6.38. The van der Waals surface area contributed by atoms with Crippen molar-refractivity contribution in [3.8, 4) is 11.6 Å². The Morgan fingerprint density at radius 3 is 2.59 bits per heavy atom.